The molecule has 0 N–H and O–H groups in total. The average molecular weight is 1140 g/mol. The van der Waals surface area contributed by atoms with Crippen LogP contribution in [-0.4, -0.2) is 37.2 Å². The molecule has 0 aliphatic carbocycles. The van der Waals surface area contributed by atoms with Gasteiger partial charge in [-0.15, -0.1) is 0 Å². The van der Waals surface area contributed by atoms with E-state index in [0.29, 0.717) is 19.3 Å². The van der Waals surface area contributed by atoms with E-state index in [9.17, 15) is 14.4 Å². The molecule has 0 amide bonds. The summed E-state index contributed by atoms with van der Waals surface area (Å²) in [6, 6.07) is 0. The van der Waals surface area contributed by atoms with Gasteiger partial charge in [-0.3, -0.25) is 14.4 Å². The molecule has 0 spiro atoms. The summed E-state index contributed by atoms with van der Waals surface area (Å²) in [4.78, 5) is 38.3. The minimum absolute atomic E-state index is 0.0803. The molecule has 0 heterocycles. The van der Waals surface area contributed by atoms with Gasteiger partial charge in [0.05, 0.1) is 0 Å². The van der Waals surface area contributed by atoms with Gasteiger partial charge in [0.1, 0.15) is 13.2 Å². The first kappa shape index (κ1) is 78.1. The summed E-state index contributed by atoms with van der Waals surface area (Å²) in [6.45, 7) is 6.53. The fourth-order valence-corrected chi connectivity index (χ4v) is 9.85. The average Bonchev–Trinajstić information content (AvgIpc) is 3.48. The van der Waals surface area contributed by atoms with Crippen LogP contribution in [0.15, 0.2) is 109 Å². The standard InChI is InChI=1S/C76H130O6/c1-4-7-10-13-16-19-21-23-25-27-29-31-33-34-35-36-37-38-39-40-41-42-43-45-46-48-50-52-54-57-60-63-66-69-75(78)81-72-73(71-80-74(77)68-65-62-59-56-18-15-12-9-6-3)82-76(79)70-67-64-61-58-55-53-51-49-47-44-32-30-28-26-24-22-20-17-14-11-8-5-2/h7,10,16,19,23,25,29,31,34-35,37-38,40-41,43,45,48,50,73H,4-6,8-9,11-15,17-18,20-22,24,26-28,30,32-33,36,39,42,44,46-47,49,51-72H2,1-3H3/b10-7-,19-16-,25-23-,31-29-,35-34-,38-37-,41-40-,45-43-,50-48-. The number of hydrogen-bond donors (Lipinski definition) is 0. The van der Waals surface area contributed by atoms with E-state index in [1.807, 2.05) is 0 Å². The van der Waals surface area contributed by atoms with Crippen molar-refractivity contribution in [2.75, 3.05) is 13.2 Å². The fraction of sp³-hybridized carbons (Fsp3) is 0.724. The van der Waals surface area contributed by atoms with Gasteiger partial charge >= 0.3 is 17.9 Å². The molecule has 0 aromatic heterocycles. The summed E-state index contributed by atoms with van der Waals surface area (Å²) in [5.74, 6) is -0.889. The molecule has 0 aliphatic rings. The largest absolute Gasteiger partial charge is 0.462 e. The molecule has 6 nitrogen and oxygen atoms in total. The third-order valence-electron chi connectivity index (χ3n) is 15.0. The molecule has 0 saturated carbocycles. The molecule has 0 aromatic rings. The van der Waals surface area contributed by atoms with Crippen molar-refractivity contribution in [1.82, 2.24) is 0 Å². The molecule has 0 fully saturated rings. The van der Waals surface area contributed by atoms with Crippen molar-refractivity contribution < 1.29 is 28.6 Å². The van der Waals surface area contributed by atoms with Crippen molar-refractivity contribution in [3.05, 3.63) is 109 Å². The minimum atomic E-state index is -0.784. The van der Waals surface area contributed by atoms with Crippen molar-refractivity contribution in [2.45, 2.75) is 341 Å². The maximum atomic E-state index is 12.9. The maximum Gasteiger partial charge on any atom is 0.306 e. The van der Waals surface area contributed by atoms with E-state index in [0.717, 1.165) is 135 Å². The van der Waals surface area contributed by atoms with Gasteiger partial charge in [0.15, 0.2) is 6.10 Å². The Kier molecular flexibility index (Phi) is 66.2. The Morgan fingerprint density at radius 2 is 0.476 bits per heavy atom. The highest BCUT2D eigenvalue weighted by Crippen LogP contribution is 2.17. The highest BCUT2D eigenvalue weighted by Gasteiger charge is 2.19. The van der Waals surface area contributed by atoms with E-state index in [-0.39, 0.29) is 31.1 Å². The lowest BCUT2D eigenvalue weighted by Crippen LogP contribution is -2.30. The maximum absolute atomic E-state index is 12.9. The van der Waals surface area contributed by atoms with Crippen LogP contribution >= 0.6 is 0 Å². The molecule has 0 aromatic carbocycles. The van der Waals surface area contributed by atoms with Gasteiger partial charge in [-0.05, 0) is 89.9 Å². The Bertz CT molecular complexity index is 1640. The number of ether oxygens (including phenoxy) is 3. The fourth-order valence-electron chi connectivity index (χ4n) is 9.85. The number of allylic oxidation sites excluding steroid dienone is 18. The Morgan fingerprint density at radius 1 is 0.256 bits per heavy atom. The van der Waals surface area contributed by atoms with Crippen molar-refractivity contribution in [1.29, 1.82) is 0 Å². The first-order valence-electron chi connectivity index (χ1n) is 34.9. The zero-order chi connectivity index (χ0) is 59.2. The smallest absolute Gasteiger partial charge is 0.306 e. The molecular weight excluding hydrogens is 1010 g/mol. The number of rotatable bonds is 63. The Morgan fingerprint density at radius 3 is 0.744 bits per heavy atom. The highest BCUT2D eigenvalue weighted by molar-refractivity contribution is 5.71. The summed E-state index contributed by atoms with van der Waals surface area (Å²) in [5.41, 5.74) is 0. The van der Waals surface area contributed by atoms with Crippen LogP contribution in [0.2, 0.25) is 0 Å². The molecule has 0 radical (unpaired) electrons. The molecule has 1 atom stereocenters. The number of esters is 3. The van der Waals surface area contributed by atoms with Crippen LogP contribution in [0.5, 0.6) is 0 Å². The molecular formula is C76H130O6. The Labute approximate surface area is 508 Å². The topological polar surface area (TPSA) is 78.9 Å². The van der Waals surface area contributed by atoms with Crippen LogP contribution in [0, 0.1) is 0 Å². The Balaban J connectivity index is 4.22. The summed E-state index contributed by atoms with van der Waals surface area (Å²) in [7, 11) is 0. The van der Waals surface area contributed by atoms with Crippen LogP contribution in [0.1, 0.15) is 335 Å². The Hall–Kier alpha value is -3.93. The summed E-state index contributed by atoms with van der Waals surface area (Å²) < 4.78 is 16.9. The minimum Gasteiger partial charge on any atom is -0.462 e. The van der Waals surface area contributed by atoms with Gasteiger partial charge < -0.3 is 14.2 Å². The lowest BCUT2D eigenvalue weighted by molar-refractivity contribution is -0.167. The van der Waals surface area contributed by atoms with Crippen molar-refractivity contribution >= 4 is 17.9 Å². The third-order valence-corrected chi connectivity index (χ3v) is 15.0. The van der Waals surface area contributed by atoms with Gasteiger partial charge in [-0.2, -0.15) is 0 Å². The lowest BCUT2D eigenvalue weighted by Gasteiger charge is -2.18. The number of unbranched alkanes of at least 4 members (excludes halogenated alkanes) is 34. The van der Waals surface area contributed by atoms with Crippen LogP contribution in [-0.2, 0) is 28.6 Å². The van der Waals surface area contributed by atoms with Gasteiger partial charge in [0.25, 0.3) is 0 Å². The molecule has 0 bridgehead atoms. The SMILES string of the molecule is CC/C=C\C/C=C\C/C=C\C/C=C\C/C=C\C/C=C\C/C=C\C/C=C\C/C=C\CCCCCCCC(=O)OCC(COC(=O)CCCCCCCCCCC)OC(=O)CCCCCCCCCCCCCCCCCCCCCCCC. The van der Waals surface area contributed by atoms with E-state index < -0.39 is 6.10 Å². The van der Waals surface area contributed by atoms with Gasteiger partial charge in [-0.1, -0.05) is 336 Å². The van der Waals surface area contributed by atoms with Gasteiger partial charge in [0.2, 0.25) is 0 Å². The van der Waals surface area contributed by atoms with Crippen LogP contribution in [0.4, 0.5) is 0 Å². The molecule has 6 heteroatoms. The zero-order valence-corrected chi connectivity index (χ0v) is 54.0. The van der Waals surface area contributed by atoms with Gasteiger partial charge in [-0.25, -0.2) is 0 Å². The van der Waals surface area contributed by atoms with Crippen molar-refractivity contribution in [3.63, 3.8) is 0 Å². The molecule has 0 rings (SSSR count). The second-order valence-corrected chi connectivity index (χ2v) is 23.1. The summed E-state index contributed by atoms with van der Waals surface area (Å²) in [5, 5.41) is 0. The molecule has 82 heavy (non-hydrogen) atoms. The first-order valence-corrected chi connectivity index (χ1v) is 34.9. The zero-order valence-electron chi connectivity index (χ0n) is 54.0. The predicted octanol–water partition coefficient (Wildman–Crippen LogP) is 24.2. The van der Waals surface area contributed by atoms with Crippen molar-refractivity contribution in [3.8, 4) is 0 Å². The van der Waals surface area contributed by atoms with Crippen LogP contribution < -0.4 is 0 Å². The molecule has 1 unspecified atom stereocenters. The predicted molar refractivity (Wildman–Crippen MR) is 357 cm³/mol. The molecule has 470 valence electrons. The lowest BCUT2D eigenvalue weighted by atomic mass is 10.0. The highest BCUT2D eigenvalue weighted by atomic mass is 16.6. The van der Waals surface area contributed by atoms with Crippen molar-refractivity contribution in [2.24, 2.45) is 0 Å². The van der Waals surface area contributed by atoms with E-state index in [4.69, 9.17) is 14.2 Å². The quantitative estimate of drug-likeness (QED) is 0.0261. The monoisotopic (exact) mass is 1140 g/mol. The van der Waals surface area contributed by atoms with Crippen LogP contribution in [0.3, 0.4) is 0 Å². The second kappa shape index (κ2) is 69.6. The molecule has 0 aliphatic heterocycles. The third kappa shape index (κ3) is 66.9. The summed E-state index contributed by atoms with van der Waals surface area (Å²) >= 11 is 0. The van der Waals surface area contributed by atoms with Crippen LogP contribution in [0.25, 0.3) is 0 Å². The second-order valence-electron chi connectivity index (χ2n) is 23.1. The number of carbonyl (C=O) groups is 3. The van der Waals surface area contributed by atoms with Gasteiger partial charge in [0, 0.05) is 19.3 Å². The van der Waals surface area contributed by atoms with E-state index in [2.05, 4.69) is 130 Å². The summed E-state index contributed by atoms with van der Waals surface area (Å²) in [6.07, 6.45) is 95.5. The molecule has 0 saturated heterocycles. The van der Waals surface area contributed by atoms with E-state index in [1.165, 1.54) is 161 Å². The van der Waals surface area contributed by atoms with E-state index >= 15 is 0 Å². The number of carbonyl (C=O) groups excluding carboxylic acids is 3. The van der Waals surface area contributed by atoms with E-state index in [1.54, 1.807) is 0 Å². The normalized spacial score (nSPS) is 12.8. The first-order chi connectivity index (χ1) is 40.5. The number of hydrogen-bond acceptors (Lipinski definition) is 6.